The van der Waals surface area contributed by atoms with Crippen LogP contribution in [0.5, 0.6) is 0 Å². The van der Waals surface area contributed by atoms with E-state index < -0.39 is 5.97 Å². The molecule has 0 spiro atoms. The summed E-state index contributed by atoms with van der Waals surface area (Å²) in [6.07, 6.45) is 3.12. The van der Waals surface area contributed by atoms with E-state index in [0.29, 0.717) is 17.8 Å². The molecule has 1 saturated heterocycles. The maximum Gasteiger partial charge on any atom is 0.342 e. The average Bonchev–Trinajstić information content (AvgIpc) is 2.94. The van der Waals surface area contributed by atoms with Crippen molar-refractivity contribution in [2.24, 2.45) is 0 Å². The monoisotopic (exact) mass is 383 g/mol. The average molecular weight is 383 g/mol. The molecule has 6 nitrogen and oxygen atoms in total. The molecule has 1 amide bonds. The molecule has 0 unspecified atom stereocenters. The van der Waals surface area contributed by atoms with Gasteiger partial charge in [-0.3, -0.25) is 9.48 Å². The van der Waals surface area contributed by atoms with Crippen LogP contribution in [0.1, 0.15) is 60.4 Å². The van der Waals surface area contributed by atoms with Gasteiger partial charge in [-0.25, -0.2) is 4.79 Å². The highest BCUT2D eigenvalue weighted by Gasteiger charge is 2.30. The van der Waals surface area contributed by atoms with Crippen LogP contribution in [0.3, 0.4) is 0 Å². The van der Waals surface area contributed by atoms with E-state index in [2.05, 4.69) is 18.9 Å². The van der Waals surface area contributed by atoms with Gasteiger partial charge in [0.25, 0.3) is 5.91 Å². The van der Waals surface area contributed by atoms with Crippen molar-refractivity contribution >= 4 is 11.9 Å². The summed E-state index contributed by atoms with van der Waals surface area (Å²) in [4.78, 5) is 27.1. The number of hydrogen-bond donors (Lipinski definition) is 0. The first-order chi connectivity index (χ1) is 13.4. The summed E-state index contributed by atoms with van der Waals surface area (Å²) >= 11 is 0. The second kappa shape index (κ2) is 8.59. The number of amides is 1. The molecule has 1 aromatic carbocycles. The van der Waals surface area contributed by atoms with Gasteiger partial charge in [0.2, 0.25) is 0 Å². The zero-order valence-electron chi connectivity index (χ0n) is 17.1. The molecule has 1 aliphatic heterocycles. The Balaban J connectivity index is 1.66. The number of piperidine rings is 1. The molecule has 0 aliphatic carbocycles. The lowest BCUT2D eigenvalue weighted by Crippen LogP contribution is -2.49. The van der Waals surface area contributed by atoms with Gasteiger partial charge in [0.05, 0.1) is 17.9 Å². The third-order valence-corrected chi connectivity index (χ3v) is 5.57. The number of hydrogen-bond acceptors (Lipinski definition) is 4. The molecular weight excluding hydrogens is 354 g/mol. The van der Waals surface area contributed by atoms with E-state index in [9.17, 15) is 9.59 Å². The smallest absolute Gasteiger partial charge is 0.342 e. The Bertz CT molecular complexity index is 834. The van der Waals surface area contributed by atoms with E-state index in [1.807, 2.05) is 42.2 Å². The van der Waals surface area contributed by atoms with Gasteiger partial charge in [-0.1, -0.05) is 30.3 Å². The number of aromatic nitrogens is 2. The highest BCUT2D eigenvalue weighted by atomic mass is 16.5. The number of likely N-dealkylation sites (tertiary alicyclic amines) is 1. The Morgan fingerprint density at radius 3 is 2.39 bits per heavy atom. The third kappa shape index (κ3) is 4.26. The van der Waals surface area contributed by atoms with Crippen molar-refractivity contribution in [3.05, 3.63) is 52.8 Å². The van der Waals surface area contributed by atoms with Crippen molar-refractivity contribution in [2.75, 3.05) is 6.61 Å². The third-order valence-electron chi connectivity index (χ3n) is 5.57. The van der Waals surface area contributed by atoms with Crippen molar-refractivity contribution in [1.82, 2.24) is 14.7 Å². The van der Waals surface area contributed by atoms with Gasteiger partial charge in [0.15, 0.2) is 6.61 Å². The minimum atomic E-state index is -0.486. The summed E-state index contributed by atoms with van der Waals surface area (Å²) in [5.41, 5.74) is 2.92. The van der Waals surface area contributed by atoms with Crippen LogP contribution >= 0.6 is 0 Å². The normalized spacial score (nSPS) is 19.5. The fourth-order valence-corrected chi connectivity index (χ4v) is 4.09. The standard InChI is InChI=1S/C22H29N3O3/c1-15-9-8-10-16(2)25(15)20(26)14-28-22(27)21-17(3)23-24(18(21)4)13-19-11-6-5-7-12-19/h5-7,11-12,15-16H,8-10,13-14H2,1-4H3/t15-,16-/m1/s1. The molecule has 0 radical (unpaired) electrons. The highest BCUT2D eigenvalue weighted by molar-refractivity contribution is 5.93. The number of nitrogens with zero attached hydrogens (tertiary/aromatic N) is 3. The first-order valence-corrected chi connectivity index (χ1v) is 9.94. The molecule has 0 bridgehead atoms. The summed E-state index contributed by atoms with van der Waals surface area (Å²) in [5.74, 6) is -0.611. The van der Waals surface area contributed by atoms with E-state index >= 15 is 0 Å². The van der Waals surface area contributed by atoms with E-state index in [1.54, 1.807) is 11.6 Å². The highest BCUT2D eigenvalue weighted by Crippen LogP contribution is 2.23. The summed E-state index contributed by atoms with van der Waals surface area (Å²) in [6, 6.07) is 10.3. The van der Waals surface area contributed by atoms with E-state index in [-0.39, 0.29) is 24.6 Å². The van der Waals surface area contributed by atoms with Crippen molar-refractivity contribution in [3.63, 3.8) is 0 Å². The van der Waals surface area contributed by atoms with Crippen LogP contribution in [0, 0.1) is 13.8 Å². The Morgan fingerprint density at radius 1 is 1.11 bits per heavy atom. The Kier molecular flexibility index (Phi) is 6.17. The molecule has 28 heavy (non-hydrogen) atoms. The van der Waals surface area contributed by atoms with E-state index in [4.69, 9.17) is 4.74 Å². The second-order valence-corrected chi connectivity index (χ2v) is 7.70. The number of benzene rings is 1. The molecule has 2 aromatic rings. The minimum absolute atomic E-state index is 0.125. The van der Waals surface area contributed by atoms with Crippen molar-refractivity contribution in [3.8, 4) is 0 Å². The predicted octanol–water partition coefficient (Wildman–Crippen LogP) is 3.49. The molecule has 150 valence electrons. The summed E-state index contributed by atoms with van der Waals surface area (Å²) in [7, 11) is 0. The van der Waals surface area contributed by atoms with E-state index in [0.717, 1.165) is 30.5 Å². The quantitative estimate of drug-likeness (QED) is 0.742. The fourth-order valence-electron chi connectivity index (χ4n) is 4.09. The minimum Gasteiger partial charge on any atom is -0.452 e. The Hall–Kier alpha value is -2.63. The largest absolute Gasteiger partial charge is 0.452 e. The maximum absolute atomic E-state index is 12.7. The van der Waals surface area contributed by atoms with Gasteiger partial charge >= 0.3 is 5.97 Å². The summed E-state index contributed by atoms with van der Waals surface area (Å²) < 4.78 is 7.18. The topological polar surface area (TPSA) is 64.4 Å². The van der Waals surface area contributed by atoms with Gasteiger partial charge in [0, 0.05) is 12.1 Å². The first-order valence-electron chi connectivity index (χ1n) is 9.94. The van der Waals surface area contributed by atoms with Crippen LogP contribution in [-0.2, 0) is 16.1 Å². The number of aryl methyl sites for hydroxylation is 1. The van der Waals surface area contributed by atoms with Gasteiger partial charge in [-0.15, -0.1) is 0 Å². The van der Waals surface area contributed by atoms with Crippen molar-refractivity contribution < 1.29 is 14.3 Å². The van der Waals surface area contributed by atoms with Crippen LogP contribution in [-0.4, -0.2) is 45.2 Å². The molecular formula is C22H29N3O3. The van der Waals surface area contributed by atoms with Crippen LogP contribution in [0.4, 0.5) is 0 Å². The molecule has 1 aliphatic rings. The number of ether oxygens (including phenoxy) is 1. The van der Waals surface area contributed by atoms with Gasteiger partial charge in [-0.05, 0) is 52.5 Å². The molecule has 2 heterocycles. The molecule has 6 heteroatoms. The first kappa shape index (κ1) is 20.1. The van der Waals surface area contributed by atoms with Gasteiger partial charge in [-0.2, -0.15) is 5.10 Å². The molecule has 0 N–H and O–H groups in total. The Labute approximate surface area is 166 Å². The zero-order chi connectivity index (χ0) is 20.3. The fraction of sp³-hybridized carbons (Fsp3) is 0.500. The van der Waals surface area contributed by atoms with Crippen LogP contribution in [0.15, 0.2) is 30.3 Å². The van der Waals surface area contributed by atoms with Crippen molar-refractivity contribution in [1.29, 1.82) is 0 Å². The number of carbonyl (C=O) groups excluding carboxylic acids is 2. The number of rotatable bonds is 5. The maximum atomic E-state index is 12.7. The lowest BCUT2D eigenvalue weighted by Gasteiger charge is -2.38. The van der Waals surface area contributed by atoms with Gasteiger partial charge in [0.1, 0.15) is 5.56 Å². The SMILES string of the molecule is Cc1nn(Cc2ccccc2)c(C)c1C(=O)OCC(=O)N1[C@H](C)CCC[C@H]1C. The molecule has 2 atom stereocenters. The summed E-state index contributed by atoms with van der Waals surface area (Å²) in [6.45, 7) is 8.12. The molecule has 3 rings (SSSR count). The number of esters is 1. The summed E-state index contributed by atoms with van der Waals surface area (Å²) in [5, 5.41) is 4.49. The van der Waals surface area contributed by atoms with Crippen LogP contribution in [0.25, 0.3) is 0 Å². The van der Waals surface area contributed by atoms with Crippen LogP contribution < -0.4 is 0 Å². The second-order valence-electron chi connectivity index (χ2n) is 7.70. The molecule has 1 fully saturated rings. The zero-order valence-corrected chi connectivity index (χ0v) is 17.1. The Morgan fingerprint density at radius 2 is 1.75 bits per heavy atom. The lowest BCUT2D eigenvalue weighted by atomic mass is 9.97. The predicted molar refractivity (Wildman–Crippen MR) is 107 cm³/mol. The number of carbonyl (C=O) groups is 2. The lowest BCUT2D eigenvalue weighted by molar-refractivity contribution is -0.140. The molecule has 0 saturated carbocycles. The molecule has 1 aromatic heterocycles. The van der Waals surface area contributed by atoms with Gasteiger partial charge < -0.3 is 9.64 Å². The van der Waals surface area contributed by atoms with Crippen LogP contribution in [0.2, 0.25) is 0 Å². The van der Waals surface area contributed by atoms with E-state index in [1.165, 1.54) is 0 Å². The van der Waals surface area contributed by atoms with Crippen molar-refractivity contribution in [2.45, 2.75) is 65.6 Å².